The molecule has 16 heavy (non-hydrogen) atoms. The molecule has 96 valence electrons. The van der Waals surface area contributed by atoms with E-state index in [-0.39, 0.29) is 6.29 Å². The van der Waals surface area contributed by atoms with Crippen LogP contribution >= 0.6 is 0 Å². The molecule has 0 amide bonds. The van der Waals surface area contributed by atoms with Crippen LogP contribution in [-0.4, -0.2) is 25.3 Å². The van der Waals surface area contributed by atoms with Crippen molar-refractivity contribution in [3.8, 4) is 0 Å². The van der Waals surface area contributed by atoms with E-state index in [0.717, 1.165) is 19.3 Å². The minimum absolute atomic E-state index is 0.204. The van der Waals surface area contributed by atoms with Gasteiger partial charge in [0.25, 0.3) is 0 Å². The summed E-state index contributed by atoms with van der Waals surface area (Å²) in [6, 6.07) is 0. The van der Waals surface area contributed by atoms with Crippen molar-refractivity contribution < 1.29 is 14.3 Å². The van der Waals surface area contributed by atoms with Crippen molar-refractivity contribution in [2.24, 2.45) is 0 Å². The van der Waals surface area contributed by atoms with Gasteiger partial charge in [0.15, 0.2) is 6.29 Å². The lowest BCUT2D eigenvalue weighted by Gasteiger charge is -2.16. The molecular formula is C13H26O3. The Hall–Kier alpha value is -0.410. The van der Waals surface area contributed by atoms with Gasteiger partial charge in [-0.2, -0.15) is 0 Å². The van der Waals surface area contributed by atoms with Gasteiger partial charge in [0, 0.05) is 32.5 Å². The fraction of sp³-hybridized carbons (Fsp3) is 0.923. The number of ketones is 1. The number of unbranched alkanes of at least 4 members (excludes halogenated alkanes) is 2. The second-order valence-electron chi connectivity index (χ2n) is 3.87. The quantitative estimate of drug-likeness (QED) is 0.403. The average Bonchev–Trinajstić information content (AvgIpc) is 2.27. The zero-order chi connectivity index (χ0) is 12.2. The summed E-state index contributed by atoms with van der Waals surface area (Å²) in [6.07, 6.45) is 5.09. The van der Waals surface area contributed by atoms with E-state index in [1.165, 1.54) is 0 Å². The number of hydrogen-bond acceptors (Lipinski definition) is 3. The fourth-order valence-corrected chi connectivity index (χ4v) is 1.56. The molecule has 3 nitrogen and oxygen atoms in total. The van der Waals surface area contributed by atoms with E-state index in [1.807, 2.05) is 13.8 Å². The van der Waals surface area contributed by atoms with Crippen LogP contribution in [0.4, 0.5) is 0 Å². The Bertz CT molecular complexity index is 163. The smallest absolute Gasteiger partial charge is 0.157 e. The molecule has 0 unspecified atom stereocenters. The van der Waals surface area contributed by atoms with E-state index in [0.29, 0.717) is 38.3 Å². The van der Waals surface area contributed by atoms with Gasteiger partial charge in [-0.25, -0.2) is 0 Å². The van der Waals surface area contributed by atoms with Crippen LogP contribution in [0.5, 0.6) is 0 Å². The minimum atomic E-state index is -0.204. The summed E-state index contributed by atoms with van der Waals surface area (Å²) in [5, 5.41) is 0. The summed E-state index contributed by atoms with van der Waals surface area (Å²) in [7, 11) is 0. The lowest BCUT2D eigenvalue weighted by Crippen LogP contribution is -2.18. The SMILES string of the molecule is CCCCCC(=O)CCC(OCC)OCC. The van der Waals surface area contributed by atoms with Gasteiger partial charge in [0.1, 0.15) is 5.78 Å². The van der Waals surface area contributed by atoms with Gasteiger partial charge in [-0.3, -0.25) is 4.79 Å². The van der Waals surface area contributed by atoms with Crippen LogP contribution in [-0.2, 0) is 14.3 Å². The summed E-state index contributed by atoms with van der Waals surface area (Å²) < 4.78 is 10.8. The standard InChI is InChI=1S/C13H26O3/c1-4-7-8-9-12(14)10-11-13(15-5-2)16-6-3/h13H,4-11H2,1-3H3. The molecule has 0 radical (unpaired) electrons. The Morgan fingerprint density at radius 3 is 2.12 bits per heavy atom. The Morgan fingerprint density at radius 1 is 1.00 bits per heavy atom. The molecule has 0 atom stereocenters. The molecule has 0 spiro atoms. The zero-order valence-electron chi connectivity index (χ0n) is 11.0. The lowest BCUT2D eigenvalue weighted by molar-refractivity contribution is -0.144. The minimum Gasteiger partial charge on any atom is -0.353 e. The van der Waals surface area contributed by atoms with Crippen LogP contribution in [0.15, 0.2) is 0 Å². The second kappa shape index (κ2) is 11.1. The van der Waals surface area contributed by atoms with E-state index in [9.17, 15) is 4.79 Å². The van der Waals surface area contributed by atoms with Gasteiger partial charge in [-0.15, -0.1) is 0 Å². The Labute approximate surface area is 99.5 Å². The van der Waals surface area contributed by atoms with Crippen molar-refractivity contribution in [1.29, 1.82) is 0 Å². The van der Waals surface area contributed by atoms with Crippen molar-refractivity contribution in [3.05, 3.63) is 0 Å². The van der Waals surface area contributed by atoms with Gasteiger partial charge >= 0.3 is 0 Å². The normalized spacial score (nSPS) is 11.0. The van der Waals surface area contributed by atoms with Crippen LogP contribution in [0.25, 0.3) is 0 Å². The molecule has 3 heteroatoms. The van der Waals surface area contributed by atoms with Crippen LogP contribution < -0.4 is 0 Å². The molecule has 0 aromatic carbocycles. The van der Waals surface area contributed by atoms with E-state index in [1.54, 1.807) is 0 Å². The van der Waals surface area contributed by atoms with Crippen molar-refractivity contribution >= 4 is 5.78 Å². The molecule has 0 aliphatic rings. The molecule has 0 heterocycles. The highest BCUT2D eigenvalue weighted by molar-refractivity contribution is 5.78. The largest absolute Gasteiger partial charge is 0.353 e. The van der Waals surface area contributed by atoms with E-state index >= 15 is 0 Å². The molecule has 0 aromatic heterocycles. The molecule has 0 aliphatic heterocycles. The molecule has 0 N–H and O–H groups in total. The maximum absolute atomic E-state index is 11.5. The van der Waals surface area contributed by atoms with Gasteiger partial charge in [0.2, 0.25) is 0 Å². The third-order valence-electron chi connectivity index (χ3n) is 2.42. The highest BCUT2D eigenvalue weighted by Crippen LogP contribution is 2.08. The van der Waals surface area contributed by atoms with Gasteiger partial charge in [-0.1, -0.05) is 19.8 Å². The van der Waals surface area contributed by atoms with Crippen LogP contribution in [0.1, 0.15) is 59.3 Å². The number of carbonyl (C=O) groups excluding carboxylic acids is 1. The first-order chi connectivity index (χ1) is 7.74. The maximum Gasteiger partial charge on any atom is 0.157 e. The van der Waals surface area contributed by atoms with E-state index in [4.69, 9.17) is 9.47 Å². The van der Waals surface area contributed by atoms with E-state index < -0.39 is 0 Å². The van der Waals surface area contributed by atoms with Crippen molar-refractivity contribution in [1.82, 2.24) is 0 Å². The predicted molar refractivity (Wildman–Crippen MR) is 65.4 cm³/mol. The highest BCUT2D eigenvalue weighted by atomic mass is 16.7. The van der Waals surface area contributed by atoms with Crippen LogP contribution in [0, 0.1) is 0 Å². The molecule has 0 aromatic rings. The maximum atomic E-state index is 11.5. The summed E-state index contributed by atoms with van der Waals surface area (Å²) in [5.41, 5.74) is 0. The number of Topliss-reactive ketones (excluding diaryl/α,β-unsaturated/α-hetero) is 1. The molecule has 0 saturated carbocycles. The third kappa shape index (κ3) is 8.86. The Kier molecular flexibility index (Phi) is 10.8. The first kappa shape index (κ1) is 15.6. The summed E-state index contributed by atoms with van der Waals surface area (Å²) in [5.74, 6) is 0.331. The molecule has 0 saturated heterocycles. The third-order valence-corrected chi connectivity index (χ3v) is 2.42. The molecule has 0 aliphatic carbocycles. The summed E-state index contributed by atoms with van der Waals surface area (Å²) >= 11 is 0. The number of carbonyl (C=O) groups is 1. The number of rotatable bonds is 11. The monoisotopic (exact) mass is 230 g/mol. The van der Waals surface area contributed by atoms with Crippen molar-refractivity contribution in [2.75, 3.05) is 13.2 Å². The molecule has 0 fully saturated rings. The van der Waals surface area contributed by atoms with Crippen LogP contribution in [0.3, 0.4) is 0 Å². The summed E-state index contributed by atoms with van der Waals surface area (Å²) in [6.45, 7) is 7.29. The van der Waals surface area contributed by atoms with Crippen LogP contribution in [0.2, 0.25) is 0 Å². The molecule has 0 bridgehead atoms. The first-order valence-electron chi connectivity index (χ1n) is 6.49. The van der Waals surface area contributed by atoms with Gasteiger partial charge in [-0.05, 0) is 20.3 Å². The van der Waals surface area contributed by atoms with Crippen molar-refractivity contribution in [3.63, 3.8) is 0 Å². The zero-order valence-corrected chi connectivity index (χ0v) is 11.0. The molecular weight excluding hydrogens is 204 g/mol. The topological polar surface area (TPSA) is 35.5 Å². The Balaban J connectivity index is 3.60. The summed E-state index contributed by atoms with van der Waals surface area (Å²) in [4.78, 5) is 11.5. The number of ether oxygens (including phenoxy) is 2. The molecule has 0 rings (SSSR count). The fourth-order valence-electron chi connectivity index (χ4n) is 1.56. The Morgan fingerprint density at radius 2 is 1.62 bits per heavy atom. The average molecular weight is 230 g/mol. The van der Waals surface area contributed by atoms with Crippen molar-refractivity contribution in [2.45, 2.75) is 65.6 Å². The predicted octanol–water partition coefficient (Wildman–Crippen LogP) is 3.32. The second-order valence-corrected chi connectivity index (χ2v) is 3.87. The number of hydrogen-bond donors (Lipinski definition) is 0. The highest BCUT2D eigenvalue weighted by Gasteiger charge is 2.10. The lowest BCUT2D eigenvalue weighted by atomic mass is 10.1. The van der Waals surface area contributed by atoms with Gasteiger partial charge < -0.3 is 9.47 Å². The van der Waals surface area contributed by atoms with Gasteiger partial charge in [0.05, 0.1) is 0 Å². The first-order valence-corrected chi connectivity index (χ1v) is 6.49. The van der Waals surface area contributed by atoms with E-state index in [2.05, 4.69) is 6.92 Å².